The quantitative estimate of drug-likeness (QED) is 0.122. The molecule has 4 aromatic rings. The Balaban J connectivity index is 0.00000176. The summed E-state index contributed by atoms with van der Waals surface area (Å²) in [5, 5.41) is 2.11. The van der Waals surface area contributed by atoms with Crippen LogP contribution >= 0.6 is 0 Å². The van der Waals surface area contributed by atoms with E-state index in [-0.39, 0.29) is 10.8 Å². The lowest BCUT2D eigenvalue weighted by Gasteiger charge is -2.14. The molecule has 6 nitrogen and oxygen atoms in total. The average Bonchev–Trinajstić information content (AvgIpc) is 2.78. The van der Waals surface area contributed by atoms with Gasteiger partial charge in [0.2, 0.25) is 0 Å². The summed E-state index contributed by atoms with van der Waals surface area (Å²) in [5.74, 6) is -1.21. The number of rotatable bonds is 4. The van der Waals surface area contributed by atoms with Crippen molar-refractivity contribution in [1.82, 2.24) is 0 Å². The fourth-order valence-corrected chi connectivity index (χ4v) is 4.27. The predicted molar refractivity (Wildman–Crippen MR) is 122 cm³/mol. The molecule has 0 unspecified atom stereocenters. The number of alkyl halides is 6. The van der Waals surface area contributed by atoms with Gasteiger partial charge in [-0.2, -0.15) is 43.2 Å². The minimum atomic E-state index is -5.92. The van der Waals surface area contributed by atoms with Gasteiger partial charge < -0.3 is 8.37 Å². The Morgan fingerprint density at radius 3 is 1.14 bits per heavy atom. The van der Waals surface area contributed by atoms with Crippen LogP contribution < -0.4 is 8.37 Å². The van der Waals surface area contributed by atoms with Crippen LogP contribution in [0.4, 0.5) is 26.3 Å². The fraction of sp³-hybridized carbons (Fsp3) is 0.182. The van der Waals surface area contributed by atoms with Crippen molar-refractivity contribution in [2.45, 2.75) is 24.9 Å². The lowest BCUT2D eigenvalue weighted by atomic mass is 9.94. The third-order valence-corrected chi connectivity index (χ3v) is 6.72. The highest BCUT2D eigenvalue weighted by Crippen LogP contribution is 2.39. The second-order valence-electron chi connectivity index (χ2n) is 6.93. The van der Waals surface area contributed by atoms with Crippen LogP contribution in [0.5, 0.6) is 11.5 Å². The van der Waals surface area contributed by atoms with E-state index in [1.54, 1.807) is 24.3 Å². The van der Waals surface area contributed by atoms with Crippen molar-refractivity contribution in [3.8, 4) is 11.5 Å². The molecule has 0 aliphatic carbocycles. The van der Waals surface area contributed by atoms with Gasteiger partial charge >= 0.3 is 31.3 Å². The van der Waals surface area contributed by atoms with E-state index >= 15 is 0 Å². The molecule has 4 rings (SSSR count). The van der Waals surface area contributed by atoms with E-state index in [2.05, 4.69) is 8.37 Å². The van der Waals surface area contributed by atoms with E-state index < -0.39 is 42.8 Å². The van der Waals surface area contributed by atoms with Gasteiger partial charge in [-0.15, -0.1) is 0 Å². The molecular weight excluding hydrogens is 538 g/mol. The van der Waals surface area contributed by atoms with Gasteiger partial charge in [0.1, 0.15) is 11.5 Å². The first-order valence-electron chi connectivity index (χ1n) is 10.0. The number of hydrogen-bond acceptors (Lipinski definition) is 6. The Morgan fingerprint density at radius 2 is 0.833 bits per heavy atom. The fourth-order valence-electron chi connectivity index (χ4n) is 3.37. The third kappa shape index (κ3) is 5.00. The van der Waals surface area contributed by atoms with Crippen molar-refractivity contribution in [2.24, 2.45) is 0 Å². The zero-order valence-electron chi connectivity index (χ0n) is 18.3. The smallest absolute Gasteiger partial charge is 0.376 e. The number of halogens is 6. The largest absolute Gasteiger partial charge is 0.534 e. The molecule has 194 valence electrons. The van der Waals surface area contributed by atoms with Gasteiger partial charge in [-0.05, 0) is 68.7 Å². The molecule has 4 aromatic carbocycles. The maximum Gasteiger partial charge on any atom is 0.534 e. The molecule has 0 saturated heterocycles. The molecule has 0 aliphatic heterocycles. The molecule has 0 N–H and O–H groups in total. The summed E-state index contributed by atoms with van der Waals surface area (Å²) in [5.41, 5.74) is -11.3. The summed E-state index contributed by atoms with van der Waals surface area (Å²) in [7, 11) is -11.8. The van der Waals surface area contributed by atoms with Crippen molar-refractivity contribution in [3.63, 3.8) is 0 Å². The van der Waals surface area contributed by atoms with E-state index in [0.717, 1.165) is 24.3 Å². The van der Waals surface area contributed by atoms with E-state index in [1.807, 2.05) is 13.8 Å². The monoisotopic (exact) mass is 554 g/mol. The normalized spacial score (nSPS) is 12.9. The molecule has 0 fully saturated rings. The van der Waals surface area contributed by atoms with Gasteiger partial charge in [-0.25, -0.2) is 0 Å². The molecule has 0 aliphatic rings. The molecule has 14 heteroatoms. The lowest BCUT2D eigenvalue weighted by Crippen LogP contribution is -2.28. The summed E-state index contributed by atoms with van der Waals surface area (Å²) in [6, 6.07) is 12.9. The van der Waals surface area contributed by atoms with Crippen LogP contribution in [-0.2, 0) is 20.2 Å². The highest BCUT2D eigenvalue weighted by atomic mass is 32.2. The Kier molecular flexibility index (Phi) is 7.07. The summed E-state index contributed by atoms with van der Waals surface area (Å²) < 4.78 is 130. The molecule has 0 amide bonds. The first kappa shape index (κ1) is 27.3. The molecule has 0 heterocycles. The van der Waals surface area contributed by atoms with E-state index in [4.69, 9.17) is 0 Å². The van der Waals surface area contributed by atoms with Gasteiger partial charge in [0.25, 0.3) is 0 Å². The zero-order chi connectivity index (χ0) is 27.1. The van der Waals surface area contributed by atoms with Gasteiger partial charge in [0.05, 0.1) is 0 Å². The standard InChI is InChI=1S/C20H10F6O6S2.C2H6/c21-19(22,23)33(27,28)31-11-5-7-15-16-8-6-12(32-34(29,30)20(24,25)26)10-18(16)14-4-2-1-3-13(14)17(15)9-11;1-2/h1-10H;1-2H3. The molecular formula is C22H16F6O6S2. The zero-order valence-corrected chi connectivity index (χ0v) is 19.9. The minimum absolute atomic E-state index is 0.287. The van der Waals surface area contributed by atoms with Crippen LogP contribution in [0.25, 0.3) is 32.3 Å². The Labute approximate surface area is 201 Å². The van der Waals surface area contributed by atoms with Crippen molar-refractivity contribution in [3.05, 3.63) is 60.7 Å². The van der Waals surface area contributed by atoms with E-state index in [1.165, 1.54) is 12.1 Å². The Morgan fingerprint density at radius 1 is 0.528 bits per heavy atom. The topological polar surface area (TPSA) is 86.7 Å². The SMILES string of the molecule is CC.O=S(=O)(Oc1ccc2c3ccc(OS(=O)(=O)C(F)(F)F)cc3c3ccccc3c2c1)C(F)(F)F. The summed E-state index contributed by atoms with van der Waals surface area (Å²) in [6.45, 7) is 4.00. The molecule has 0 spiro atoms. The minimum Gasteiger partial charge on any atom is -0.376 e. The molecule has 0 aromatic heterocycles. The van der Waals surface area contributed by atoms with Crippen molar-refractivity contribution in [2.75, 3.05) is 0 Å². The van der Waals surface area contributed by atoms with Crippen LogP contribution in [0.2, 0.25) is 0 Å². The first-order chi connectivity index (χ1) is 16.6. The van der Waals surface area contributed by atoms with E-state index in [9.17, 15) is 43.2 Å². The summed E-state index contributed by atoms with van der Waals surface area (Å²) in [4.78, 5) is 0. The second-order valence-corrected chi connectivity index (χ2v) is 10.0. The predicted octanol–water partition coefficient (Wildman–Crippen LogP) is 6.63. The first-order valence-corrected chi connectivity index (χ1v) is 12.8. The highest BCUT2D eigenvalue weighted by Gasteiger charge is 2.49. The van der Waals surface area contributed by atoms with Gasteiger partial charge in [-0.1, -0.05) is 38.1 Å². The van der Waals surface area contributed by atoms with Crippen molar-refractivity contribution in [1.29, 1.82) is 0 Å². The number of fused-ring (bicyclic) bond motifs is 6. The van der Waals surface area contributed by atoms with Crippen LogP contribution in [0, 0.1) is 0 Å². The average molecular weight is 554 g/mol. The second kappa shape index (κ2) is 9.32. The molecule has 0 bridgehead atoms. The third-order valence-electron chi connectivity index (χ3n) is 4.76. The summed E-state index contributed by atoms with van der Waals surface area (Å²) >= 11 is 0. The number of benzene rings is 4. The molecule has 0 saturated carbocycles. The van der Waals surface area contributed by atoms with Crippen molar-refractivity contribution >= 4 is 52.6 Å². The highest BCUT2D eigenvalue weighted by molar-refractivity contribution is 7.88. The van der Waals surface area contributed by atoms with E-state index in [0.29, 0.717) is 21.5 Å². The van der Waals surface area contributed by atoms with Gasteiger partial charge in [0, 0.05) is 0 Å². The Bertz CT molecular complexity index is 1520. The van der Waals surface area contributed by atoms with Crippen LogP contribution in [-0.4, -0.2) is 27.9 Å². The molecule has 36 heavy (non-hydrogen) atoms. The maximum absolute atomic E-state index is 12.7. The maximum atomic E-state index is 12.7. The molecule has 0 atom stereocenters. The van der Waals surface area contributed by atoms with Crippen LogP contribution in [0.1, 0.15) is 13.8 Å². The molecule has 0 radical (unpaired) electrons. The van der Waals surface area contributed by atoms with Crippen LogP contribution in [0.3, 0.4) is 0 Å². The number of hydrogen-bond donors (Lipinski definition) is 0. The van der Waals surface area contributed by atoms with Crippen molar-refractivity contribution < 1.29 is 51.5 Å². The van der Waals surface area contributed by atoms with Crippen LogP contribution in [0.15, 0.2) is 60.7 Å². The Hall–Kier alpha value is -3.26. The van der Waals surface area contributed by atoms with Gasteiger partial charge in [0.15, 0.2) is 0 Å². The van der Waals surface area contributed by atoms with Gasteiger partial charge in [-0.3, -0.25) is 0 Å². The lowest BCUT2D eigenvalue weighted by molar-refractivity contribution is -0.0504. The summed E-state index contributed by atoms with van der Waals surface area (Å²) in [6.07, 6.45) is 0.